The van der Waals surface area contributed by atoms with Gasteiger partial charge in [0.1, 0.15) is 16.2 Å². The van der Waals surface area contributed by atoms with Crippen molar-refractivity contribution in [3.63, 3.8) is 0 Å². The lowest BCUT2D eigenvalue weighted by molar-refractivity contribution is -0.127. The van der Waals surface area contributed by atoms with Crippen LogP contribution in [-0.2, 0) is 4.79 Å². The predicted molar refractivity (Wildman–Crippen MR) is 152 cm³/mol. The molecule has 2 heterocycles. The summed E-state index contributed by atoms with van der Waals surface area (Å²) in [6.45, 7) is 7.08. The number of fused-ring (bicyclic) bond motifs is 1. The molecule has 0 unspecified atom stereocenters. The second-order valence-electron chi connectivity index (χ2n) is 8.07. The van der Waals surface area contributed by atoms with E-state index in [1.165, 1.54) is 34.8 Å². The molecule has 0 saturated heterocycles. The molecule has 0 radical (unpaired) electrons. The van der Waals surface area contributed by atoms with Gasteiger partial charge in [0.2, 0.25) is 5.91 Å². The van der Waals surface area contributed by atoms with Gasteiger partial charge < -0.3 is 14.4 Å². The van der Waals surface area contributed by atoms with Crippen LogP contribution in [0.25, 0.3) is 21.7 Å². The van der Waals surface area contributed by atoms with Gasteiger partial charge in [-0.25, -0.2) is 4.98 Å². The molecule has 0 fully saturated rings. The standard InChI is InChI=1S/C26H28N4O4S3/c1-6-28(7-2)21(31)15-36-25-27-23-22(37-26(35)29(23)18-11-9-8-10-16(18)3)24(32)30(25)19-14-17(33-4)12-13-20(19)34-5/h8-14H,6-7,15H2,1-5H3. The van der Waals surface area contributed by atoms with Crippen molar-refractivity contribution < 1.29 is 14.3 Å². The fourth-order valence-electron chi connectivity index (χ4n) is 4.04. The molecule has 0 aliphatic carbocycles. The van der Waals surface area contributed by atoms with Crippen molar-refractivity contribution >= 4 is 51.6 Å². The van der Waals surface area contributed by atoms with E-state index < -0.39 is 0 Å². The molecule has 0 aliphatic rings. The number of aryl methyl sites for hydroxylation is 1. The summed E-state index contributed by atoms with van der Waals surface area (Å²) >= 11 is 8.12. The molecule has 2 aromatic carbocycles. The van der Waals surface area contributed by atoms with Crippen molar-refractivity contribution in [3.05, 3.63) is 62.3 Å². The van der Waals surface area contributed by atoms with Crippen LogP contribution in [0, 0.1) is 10.9 Å². The first-order chi connectivity index (χ1) is 17.8. The van der Waals surface area contributed by atoms with Crippen LogP contribution in [0.2, 0.25) is 0 Å². The third-order valence-electron chi connectivity index (χ3n) is 6.00. The monoisotopic (exact) mass is 556 g/mol. The minimum Gasteiger partial charge on any atom is -0.497 e. The topological polar surface area (TPSA) is 78.6 Å². The number of carbonyl (C=O) groups excluding carboxylic acids is 1. The highest BCUT2D eigenvalue weighted by Crippen LogP contribution is 2.33. The highest BCUT2D eigenvalue weighted by atomic mass is 32.2. The van der Waals surface area contributed by atoms with Gasteiger partial charge in [0, 0.05) is 19.2 Å². The molecule has 0 N–H and O–H groups in total. The number of thiazole rings is 1. The minimum atomic E-state index is -0.294. The number of hydrogen-bond acceptors (Lipinski definition) is 8. The molecule has 37 heavy (non-hydrogen) atoms. The molecule has 1 amide bonds. The summed E-state index contributed by atoms with van der Waals surface area (Å²) in [5.41, 5.74) is 2.51. The quantitative estimate of drug-likeness (QED) is 0.158. The number of thioether (sulfide) groups is 1. The Morgan fingerprint density at radius 1 is 1.08 bits per heavy atom. The predicted octanol–water partition coefficient (Wildman–Crippen LogP) is 5.25. The second kappa shape index (κ2) is 11.5. The Hall–Kier alpha value is -3.15. The number of benzene rings is 2. The van der Waals surface area contributed by atoms with Gasteiger partial charge in [0.25, 0.3) is 5.56 Å². The molecule has 0 saturated carbocycles. The van der Waals surface area contributed by atoms with Gasteiger partial charge >= 0.3 is 0 Å². The third-order valence-corrected chi connectivity index (χ3v) is 8.28. The molecule has 4 aromatic rings. The van der Waals surface area contributed by atoms with E-state index in [-0.39, 0.29) is 17.2 Å². The van der Waals surface area contributed by atoms with E-state index in [1.54, 1.807) is 30.2 Å². The lowest BCUT2D eigenvalue weighted by atomic mass is 10.2. The van der Waals surface area contributed by atoms with Gasteiger partial charge in [-0.2, -0.15) is 0 Å². The lowest BCUT2D eigenvalue weighted by Crippen LogP contribution is -2.32. The average molecular weight is 557 g/mol. The van der Waals surface area contributed by atoms with E-state index in [4.69, 9.17) is 26.7 Å². The van der Waals surface area contributed by atoms with E-state index in [0.717, 1.165) is 11.3 Å². The molecule has 2 aromatic heterocycles. The number of nitrogens with zero attached hydrogens (tertiary/aromatic N) is 4. The van der Waals surface area contributed by atoms with Crippen molar-refractivity contribution in [2.24, 2.45) is 0 Å². The Morgan fingerprint density at radius 2 is 1.81 bits per heavy atom. The first kappa shape index (κ1) is 26.9. The lowest BCUT2D eigenvalue weighted by Gasteiger charge is -2.19. The first-order valence-electron chi connectivity index (χ1n) is 11.7. The Bertz CT molecular complexity index is 1570. The summed E-state index contributed by atoms with van der Waals surface area (Å²) in [4.78, 5) is 33.6. The summed E-state index contributed by atoms with van der Waals surface area (Å²) in [5.74, 6) is 1.13. The summed E-state index contributed by atoms with van der Waals surface area (Å²) in [5, 5.41) is 0.361. The maximum Gasteiger partial charge on any atom is 0.278 e. The molecular weight excluding hydrogens is 529 g/mol. The number of para-hydroxylation sites is 1. The summed E-state index contributed by atoms with van der Waals surface area (Å²) < 4.78 is 15.2. The van der Waals surface area contributed by atoms with Crippen LogP contribution >= 0.6 is 35.3 Å². The molecular formula is C26H28N4O4S3. The number of hydrogen-bond donors (Lipinski definition) is 0. The van der Waals surface area contributed by atoms with Crippen molar-refractivity contribution in [1.82, 2.24) is 19.0 Å². The van der Waals surface area contributed by atoms with E-state index in [1.807, 2.05) is 49.6 Å². The maximum absolute atomic E-state index is 14.1. The van der Waals surface area contributed by atoms with Crippen LogP contribution in [0.3, 0.4) is 0 Å². The number of ether oxygens (including phenoxy) is 2. The summed E-state index contributed by atoms with van der Waals surface area (Å²) in [6, 6.07) is 13.0. The van der Waals surface area contributed by atoms with E-state index in [9.17, 15) is 9.59 Å². The van der Waals surface area contributed by atoms with Gasteiger partial charge in [-0.1, -0.05) is 41.3 Å². The van der Waals surface area contributed by atoms with Gasteiger partial charge in [0.15, 0.2) is 14.8 Å². The van der Waals surface area contributed by atoms with Crippen molar-refractivity contribution in [3.8, 4) is 22.9 Å². The fourth-order valence-corrected chi connectivity index (χ4v) is 6.23. The fraction of sp³-hybridized carbons (Fsp3) is 0.308. The maximum atomic E-state index is 14.1. The van der Waals surface area contributed by atoms with Gasteiger partial charge in [-0.3, -0.25) is 18.7 Å². The van der Waals surface area contributed by atoms with E-state index in [0.29, 0.717) is 49.7 Å². The van der Waals surface area contributed by atoms with Crippen LogP contribution in [-0.4, -0.2) is 58.0 Å². The van der Waals surface area contributed by atoms with Crippen molar-refractivity contribution in [2.45, 2.75) is 25.9 Å². The van der Waals surface area contributed by atoms with E-state index >= 15 is 0 Å². The number of carbonyl (C=O) groups is 1. The highest BCUT2D eigenvalue weighted by Gasteiger charge is 2.23. The molecule has 4 rings (SSSR count). The Labute approximate surface area is 228 Å². The smallest absolute Gasteiger partial charge is 0.278 e. The Kier molecular flexibility index (Phi) is 8.35. The van der Waals surface area contributed by atoms with Crippen molar-refractivity contribution in [1.29, 1.82) is 0 Å². The van der Waals surface area contributed by atoms with Crippen LogP contribution in [0.15, 0.2) is 52.4 Å². The largest absolute Gasteiger partial charge is 0.497 e. The number of aromatic nitrogens is 3. The Morgan fingerprint density at radius 3 is 2.46 bits per heavy atom. The summed E-state index contributed by atoms with van der Waals surface area (Å²) in [7, 11) is 3.10. The van der Waals surface area contributed by atoms with Gasteiger partial charge in [-0.05, 0) is 56.8 Å². The van der Waals surface area contributed by atoms with Crippen LogP contribution < -0.4 is 15.0 Å². The highest BCUT2D eigenvalue weighted by molar-refractivity contribution is 7.99. The van der Waals surface area contributed by atoms with E-state index in [2.05, 4.69) is 0 Å². The third kappa shape index (κ3) is 5.16. The second-order valence-corrected chi connectivity index (χ2v) is 10.7. The zero-order valence-corrected chi connectivity index (χ0v) is 23.8. The normalized spacial score (nSPS) is 11.1. The van der Waals surface area contributed by atoms with Gasteiger partial charge in [0.05, 0.1) is 31.3 Å². The molecule has 0 atom stereocenters. The SMILES string of the molecule is CCN(CC)C(=O)CSc1nc2c(sc(=S)n2-c2ccccc2C)c(=O)n1-c1cc(OC)ccc1OC. The van der Waals surface area contributed by atoms with Crippen LogP contribution in [0.1, 0.15) is 19.4 Å². The number of rotatable bonds is 9. The zero-order chi connectivity index (χ0) is 26.7. The Balaban J connectivity index is 2.00. The molecule has 0 bridgehead atoms. The zero-order valence-electron chi connectivity index (χ0n) is 21.3. The van der Waals surface area contributed by atoms with Crippen LogP contribution in [0.5, 0.6) is 11.5 Å². The molecule has 11 heteroatoms. The summed E-state index contributed by atoms with van der Waals surface area (Å²) in [6.07, 6.45) is 0. The number of amides is 1. The average Bonchev–Trinajstić information content (AvgIpc) is 3.24. The van der Waals surface area contributed by atoms with Crippen molar-refractivity contribution in [2.75, 3.05) is 33.1 Å². The molecule has 0 aliphatic heterocycles. The molecule has 0 spiro atoms. The van der Waals surface area contributed by atoms with Crippen LogP contribution in [0.4, 0.5) is 0 Å². The molecule has 194 valence electrons. The molecule has 8 nitrogen and oxygen atoms in total. The minimum absolute atomic E-state index is 0.0328. The van der Waals surface area contributed by atoms with Gasteiger partial charge in [-0.15, -0.1) is 0 Å². The number of methoxy groups -OCH3 is 2. The first-order valence-corrected chi connectivity index (χ1v) is 13.9.